The fraction of sp³-hybridized carbons (Fsp3) is 0.353. The molecule has 1 aromatic carbocycles. The predicted octanol–water partition coefficient (Wildman–Crippen LogP) is 2.40. The minimum atomic E-state index is -0.936. The standard InChI is InChI=1S/C17H18ClN3O3/c1-24-16(22)14-6-7-15(20-19-14)21-10-8-17(23,9-11-21)12-4-2-3-5-13(12)18/h2-7,23H,8-11H2,1H3. The van der Waals surface area contributed by atoms with Gasteiger partial charge in [0.05, 0.1) is 12.7 Å². The molecule has 0 amide bonds. The summed E-state index contributed by atoms with van der Waals surface area (Å²) in [6.45, 7) is 1.24. The van der Waals surface area contributed by atoms with Gasteiger partial charge in [0.25, 0.3) is 0 Å². The Kier molecular flexibility index (Phi) is 4.69. The summed E-state index contributed by atoms with van der Waals surface area (Å²) in [6.07, 6.45) is 1.08. The number of nitrogens with zero attached hydrogens (tertiary/aromatic N) is 3. The molecule has 0 bridgehead atoms. The summed E-state index contributed by atoms with van der Waals surface area (Å²) in [5, 5.41) is 19.5. The number of esters is 1. The lowest BCUT2D eigenvalue weighted by Gasteiger charge is -2.39. The van der Waals surface area contributed by atoms with Crippen molar-refractivity contribution in [1.82, 2.24) is 10.2 Å². The highest BCUT2D eigenvalue weighted by Gasteiger charge is 2.35. The molecule has 0 aliphatic carbocycles. The number of ether oxygens (including phenoxy) is 1. The molecule has 1 fully saturated rings. The van der Waals surface area contributed by atoms with Crippen LogP contribution in [0.3, 0.4) is 0 Å². The third-order valence-corrected chi connectivity index (χ3v) is 4.66. The van der Waals surface area contributed by atoms with Crippen LogP contribution in [0.1, 0.15) is 28.9 Å². The fourth-order valence-electron chi connectivity index (χ4n) is 2.92. The highest BCUT2D eigenvalue weighted by Crippen LogP contribution is 2.37. The molecule has 24 heavy (non-hydrogen) atoms. The average molecular weight is 348 g/mol. The monoisotopic (exact) mass is 347 g/mol. The summed E-state index contributed by atoms with van der Waals surface area (Å²) in [5.74, 6) is 0.157. The number of hydrogen-bond donors (Lipinski definition) is 1. The Balaban J connectivity index is 1.71. The van der Waals surface area contributed by atoms with Gasteiger partial charge in [0.15, 0.2) is 11.5 Å². The molecular weight excluding hydrogens is 330 g/mol. The van der Waals surface area contributed by atoms with E-state index in [4.69, 9.17) is 11.6 Å². The number of carbonyl (C=O) groups excluding carboxylic acids is 1. The number of aromatic nitrogens is 2. The molecule has 1 aromatic heterocycles. The van der Waals surface area contributed by atoms with E-state index in [0.717, 1.165) is 5.56 Å². The van der Waals surface area contributed by atoms with Crippen LogP contribution in [0.2, 0.25) is 5.02 Å². The molecule has 0 radical (unpaired) electrons. The van der Waals surface area contributed by atoms with Crippen LogP contribution >= 0.6 is 11.6 Å². The second-order valence-corrected chi connectivity index (χ2v) is 6.17. The SMILES string of the molecule is COC(=O)c1ccc(N2CCC(O)(c3ccccc3Cl)CC2)nn1. The van der Waals surface area contributed by atoms with E-state index in [1.54, 1.807) is 18.2 Å². The number of methoxy groups -OCH3 is 1. The molecule has 6 nitrogen and oxygen atoms in total. The predicted molar refractivity (Wildman–Crippen MR) is 90.2 cm³/mol. The molecule has 3 rings (SSSR count). The molecule has 0 spiro atoms. The second-order valence-electron chi connectivity index (χ2n) is 5.77. The van der Waals surface area contributed by atoms with E-state index in [0.29, 0.717) is 36.8 Å². The lowest BCUT2D eigenvalue weighted by Crippen LogP contribution is -2.43. The normalized spacial score (nSPS) is 16.7. The zero-order chi connectivity index (χ0) is 17.2. The minimum Gasteiger partial charge on any atom is -0.464 e. The van der Waals surface area contributed by atoms with Crippen molar-refractivity contribution in [2.45, 2.75) is 18.4 Å². The Morgan fingerprint density at radius 3 is 2.50 bits per heavy atom. The quantitative estimate of drug-likeness (QED) is 0.859. The Hall–Kier alpha value is -2.18. The molecule has 1 aliphatic rings. The van der Waals surface area contributed by atoms with Crippen LogP contribution in [0.15, 0.2) is 36.4 Å². The van der Waals surface area contributed by atoms with Crippen LogP contribution in [-0.2, 0) is 10.3 Å². The molecule has 0 unspecified atom stereocenters. The highest BCUT2D eigenvalue weighted by molar-refractivity contribution is 6.31. The molecule has 7 heteroatoms. The van der Waals surface area contributed by atoms with E-state index >= 15 is 0 Å². The van der Waals surface area contributed by atoms with E-state index in [-0.39, 0.29) is 5.69 Å². The smallest absolute Gasteiger partial charge is 0.358 e. The largest absolute Gasteiger partial charge is 0.464 e. The maximum absolute atomic E-state index is 11.4. The van der Waals surface area contributed by atoms with Gasteiger partial charge in [-0.1, -0.05) is 29.8 Å². The zero-order valence-corrected chi connectivity index (χ0v) is 14.0. The van der Waals surface area contributed by atoms with Gasteiger partial charge in [0, 0.05) is 23.7 Å². The minimum absolute atomic E-state index is 0.172. The van der Waals surface area contributed by atoms with Crippen molar-refractivity contribution in [3.05, 3.63) is 52.7 Å². The fourth-order valence-corrected chi connectivity index (χ4v) is 3.23. The molecule has 1 saturated heterocycles. The Morgan fingerprint density at radius 1 is 1.21 bits per heavy atom. The Morgan fingerprint density at radius 2 is 1.92 bits per heavy atom. The topological polar surface area (TPSA) is 75.5 Å². The molecule has 1 N–H and O–H groups in total. The van der Waals surface area contributed by atoms with Crippen molar-refractivity contribution in [3.63, 3.8) is 0 Å². The maximum Gasteiger partial charge on any atom is 0.358 e. The number of benzene rings is 1. The first kappa shape index (κ1) is 16.7. The summed E-state index contributed by atoms with van der Waals surface area (Å²) in [5.41, 5.74) is -0.00177. The molecule has 0 saturated carbocycles. The van der Waals surface area contributed by atoms with Gasteiger partial charge in [0.1, 0.15) is 0 Å². The van der Waals surface area contributed by atoms with Gasteiger partial charge in [-0.05, 0) is 31.0 Å². The van der Waals surface area contributed by atoms with E-state index < -0.39 is 11.6 Å². The summed E-state index contributed by atoms with van der Waals surface area (Å²) in [7, 11) is 1.30. The number of hydrogen-bond acceptors (Lipinski definition) is 6. The first-order chi connectivity index (χ1) is 11.5. The van der Waals surface area contributed by atoms with Crippen molar-refractivity contribution in [1.29, 1.82) is 0 Å². The summed E-state index contributed by atoms with van der Waals surface area (Å²) < 4.78 is 4.61. The van der Waals surface area contributed by atoms with Gasteiger partial charge in [-0.15, -0.1) is 10.2 Å². The van der Waals surface area contributed by atoms with Crippen molar-refractivity contribution < 1.29 is 14.6 Å². The number of rotatable bonds is 3. The van der Waals surface area contributed by atoms with Gasteiger partial charge in [0.2, 0.25) is 0 Å². The van der Waals surface area contributed by atoms with Gasteiger partial charge in [-0.3, -0.25) is 0 Å². The van der Waals surface area contributed by atoms with Crippen LogP contribution in [0.25, 0.3) is 0 Å². The molecule has 1 aliphatic heterocycles. The van der Waals surface area contributed by atoms with Crippen LogP contribution in [0, 0.1) is 0 Å². The first-order valence-electron chi connectivity index (χ1n) is 7.68. The summed E-state index contributed by atoms with van der Waals surface area (Å²) >= 11 is 6.22. The molecule has 2 heterocycles. The number of carbonyl (C=O) groups is 1. The summed E-state index contributed by atoms with van der Waals surface area (Å²) in [4.78, 5) is 13.4. The number of aliphatic hydroxyl groups is 1. The number of halogens is 1. The molecular formula is C17H18ClN3O3. The van der Waals surface area contributed by atoms with Crippen molar-refractivity contribution in [2.75, 3.05) is 25.1 Å². The van der Waals surface area contributed by atoms with E-state index in [9.17, 15) is 9.90 Å². The van der Waals surface area contributed by atoms with Gasteiger partial charge >= 0.3 is 5.97 Å². The van der Waals surface area contributed by atoms with Crippen molar-refractivity contribution in [3.8, 4) is 0 Å². The second kappa shape index (κ2) is 6.75. The van der Waals surface area contributed by atoms with Crippen LogP contribution in [0.4, 0.5) is 5.82 Å². The summed E-state index contributed by atoms with van der Waals surface area (Å²) in [6, 6.07) is 10.7. The molecule has 0 atom stereocenters. The number of piperidine rings is 1. The zero-order valence-electron chi connectivity index (χ0n) is 13.3. The number of anilines is 1. The maximum atomic E-state index is 11.4. The van der Waals surface area contributed by atoms with Crippen LogP contribution < -0.4 is 4.90 Å². The molecule has 126 valence electrons. The van der Waals surface area contributed by atoms with E-state index in [2.05, 4.69) is 14.9 Å². The van der Waals surface area contributed by atoms with Gasteiger partial charge < -0.3 is 14.7 Å². The first-order valence-corrected chi connectivity index (χ1v) is 8.06. The van der Waals surface area contributed by atoms with Crippen molar-refractivity contribution in [2.24, 2.45) is 0 Å². The van der Waals surface area contributed by atoms with Crippen molar-refractivity contribution >= 4 is 23.4 Å². The van der Waals surface area contributed by atoms with E-state index in [1.165, 1.54) is 7.11 Å². The van der Waals surface area contributed by atoms with Crippen LogP contribution in [0.5, 0.6) is 0 Å². The Bertz CT molecular complexity index is 728. The van der Waals surface area contributed by atoms with E-state index in [1.807, 2.05) is 23.1 Å². The average Bonchev–Trinajstić information content (AvgIpc) is 2.62. The van der Waals surface area contributed by atoms with Gasteiger partial charge in [-0.25, -0.2) is 4.79 Å². The van der Waals surface area contributed by atoms with Gasteiger partial charge in [-0.2, -0.15) is 0 Å². The lowest BCUT2D eigenvalue weighted by molar-refractivity contribution is 0.0117. The third-order valence-electron chi connectivity index (χ3n) is 4.33. The molecule has 2 aromatic rings. The Labute approximate surface area is 145 Å². The highest BCUT2D eigenvalue weighted by atomic mass is 35.5. The third kappa shape index (κ3) is 3.20. The lowest BCUT2D eigenvalue weighted by atomic mass is 9.84. The van der Waals surface area contributed by atoms with Crippen LogP contribution in [-0.4, -0.2) is 41.5 Å².